The monoisotopic (exact) mass is 365 g/mol. The summed E-state index contributed by atoms with van der Waals surface area (Å²) < 4.78 is 13.3. The fourth-order valence-corrected chi connectivity index (χ4v) is 3.54. The molecule has 6 nitrogen and oxygen atoms in total. The number of benzene rings is 2. The normalized spacial score (nSPS) is 15.6. The fourth-order valence-electron chi connectivity index (χ4n) is 2.87. The Morgan fingerprint density at radius 2 is 1.96 bits per heavy atom. The van der Waals surface area contributed by atoms with Crippen molar-refractivity contribution in [2.75, 3.05) is 12.4 Å². The fraction of sp³-hybridized carbons (Fsp3) is 0.211. The van der Waals surface area contributed by atoms with Crippen LogP contribution >= 0.6 is 11.8 Å². The molecule has 1 aliphatic rings. The number of thioether (sulfide) groups is 1. The van der Waals surface area contributed by atoms with E-state index in [-0.39, 0.29) is 17.4 Å². The van der Waals surface area contributed by atoms with Gasteiger partial charge in [0, 0.05) is 0 Å². The summed E-state index contributed by atoms with van der Waals surface area (Å²) in [5.74, 6) is 1.58. The summed E-state index contributed by atoms with van der Waals surface area (Å²) in [6.07, 6.45) is -0.313. The van der Waals surface area contributed by atoms with Crippen molar-refractivity contribution in [1.82, 2.24) is 9.55 Å². The van der Waals surface area contributed by atoms with Crippen molar-refractivity contribution < 1.29 is 9.47 Å². The zero-order chi connectivity index (χ0) is 17.9. The number of rotatable bonds is 4. The van der Waals surface area contributed by atoms with Crippen LogP contribution in [0.2, 0.25) is 0 Å². The van der Waals surface area contributed by atoms with Crippen LogP contribution in [-0.4, -0.2) is 28.0 Å². The van der Waals surface area contributed by atoms with Gasteiger partial charge in [-0.25, -0.2) is 4.98 Å². The van der Waals surface area contributed by atoms with E-state index in [0.717, 1.165) is 0 Å². The molecule has 130 valence electrons. The zero-order valence-electron chi connectivity index (χ0n) is 13.8. The Morgan fingerprint density at radius 3 is 2.81 bits per heavy atom. The van der Waals surface area contributed by atoms with Crippen LogP contribution in [0.15, 0.2) is 58.5 Å². The SMILES string of the molecule is N#CCSc1nc2ccccc2c(=O)n1C[C@H]1COc2ccccc2O1. The first-order valence-corrected chi connectivity index (χ1v) is 9.12. The van der Waals surface area contributed by atoms with Crippen molar-refractivity contribution in [3.8, 4) is 17.6 Å². The van der Waals surface area contributed by atoms with Gasteiger partial charge in [-0.05, 0) is 24.3 Å². The van der Waals surface area contributed by atoms with Crippen LogP contribution in [0.1, 0.15) is 0 Å². The third-order valence-electron chi connectivity index (χ3n) is 4.05. The number of hydrogen-bond donors (Lipinski definition) is 0. The lowest BCUT2D eigenvalue weighted by Crippen LogP contribution is -2.37. The van der Waals surface area contributed by atoms with E-state index < -0.39 is 0 Å². The van der Waals surface area contributed by atoms with Gasteiger partial charge in [-0.1, -0.05) is 36.0 Å². The topological polar surface area (TPSA) is 77.1 Å². The molecule has 0 unspecified atom stereocenters. The minimum Gasteiger partial charge on any atom is -0.486 e. The highest BCUT2D eigenvalue weighted by atomic mass is 32.2. The van der Waals surface area contributed by atoms with E-state index in [1.807, 2.05) is 36.4 Å². The van der Waals surface area contributed by atoms with Crippen LogP contribution < -0.4 is 15.0 Å². The van der Waals surface area contributed by atoms with Crippen LogP contribution in [0.5, 0.6) is 11.5 Å². The van der Waals surface area contributed by atoms with Gasteiger partial charge in [-0.15, -0.1) is 0 Å². The number of nitrogens with zero attached hydrogens (tertiary/aromatic N) is 3. The Labute approximate surface area is 154 Å². The Hall–Kier alpha value is -2.98. The largest absolute Gasteiger partial charge is 0.486 e. The van der Waals surface area contributed by atoms with Crippen LogP contribution in [0.3, 0.4) is 0 Å². The predicted molar refractivity (Wildman–Crippen MR) is 98.7 cm³/mol. The van der Waals surface area contributed by atoms with Crippen LogP contribution in [0, 0.1) is 11.3 Å². The molecular formula is C19H15N3O3S. The third kappa shape index (κ3) is 3.11. The first kappa shape index (κ1) is 16.5. The molecule has 2 heterocycles. The second-order valence-corrected chi connectivity index (χ2v) is 6.71. The molecule has 1 atom stereocenters. The number of para-hydroxylation sites is 3. The molecule has 0 amide bonds. The van der Waals surface area contributed by atoms with Crippen molar-refractivity contribution in [3.05, 3.63) is 58.9 Å². The van der Waals surface area contributed by atoms with Crippen molar-refractivity contribution in [2.24, 2.45) is 0 Å². The molecule has 0 radical (unpaired) electrons. The lowest BCUT2D eigenvalue weighted by Gasteiger charge is -2.27. The predicted octanol–water partition coefficient (Wildman–Crippen LogP) is 2.85. The van der Waals surface area contributed by atoms with Gasteiger partial charge >= 0.3 is 0 Å². The molecule has 1 aliphatic heterocycles. The number of hydrogen-bond acceptors (Lipinski definition) is 6. The molecule has 0 spiro atoms. The quantitative estimate of drug-likeness (QED) is 0.523. The molecule has 1 aromatic heterocycles. The van der Waals surface area contributed by atoms with E-state index in [1.54, 1.807) is 16.7 Å². The Balaban J connectivity index is 1.70. The van der Waals surface area contributed by atoms with Gasteiger partial charge in [-0.2, -0.15) is 5.26 Å². The minimum absolute atomic E-state index is 0.140. The average molecular weight is 365 g/mol. The van der Waals surface area contributed by atoms with Gasteiger partial charge in [0.05, 0.1) is 29.3 Å². The first-order valence-electron chi connectivity index (χ1n) is 8.14. The maximum absolute atomic E-state index is 13.0. The van der Waals surface area contributed by atoms with Gasteiger partial charge < -0.3 is 9.47 Å². The standard InChI is InChI=1S/C19H15N3O3S/c20-9-10-26-19-21-15-6-2-1-5-14(15)18(23)22(19)11-13-12-24-16-7-3-4-8-17(16)25-13/h1-8,13H,10-12H2/t13-/m0/s1. The van der Waals surface area contributed by atoms with Gasteiger partial charge in [0.1, 0.15) is 6.61 Å². The summed E-state index contributed by atoms with van der Waals surface area (Å²) >= 11 is 1.24. The summed E-state index contributed by atoms with van der Waals surface area (Å²) in [6, 6.07) is 16.7. The van der Waals surface area contributed by atoms with Crippen LogP contribution in [-0.2, 0) is 6.54 Å². The minimum atomic E-state index is -0.313. The van der Waals surface area contributed by atoms with Crippen LogP contribution in [0.25, 0.3) is 10.9 Å². The molecule has 26 heavy (non-hydrogen) atoms. The van der Waals surface area contributed by atoms with Gasteiger partial charge in [-0.3, -0.25) is 9.36 Å². The highest BCUT2D eigenvalue weighted by Crippen LogP contribution is 2.31. The number of nitriles is 1. The maximum atomic E-state index is 13.0. The van der Waals surface area contributed by atoms with Gasteiger partial charge in [0.25, 0.3) is 5.56 Å². The molecule has 0 bridgehead atoms. The van der Waals surface area contributed by atoms with E-state index in [4.69, 9.17) is 14.7 Å². The molecule has 2 aromatic carbocycles. The summed E-state index contributed by atoms with van der Waals surface area (Å²) in [4.78, 5) is 17.5. The number of fused-ring (bicyclic) bond motifs is 2. The molecule has 0 N–H and O–H groups in total. The van der Waals surface area contributed by atoms with Crippen molar-refractivity contribution in [2.45, 2.75) is 17.8 Å². The van der Waals surface area contributed by atoms with Gasteiger partial charge in [0.15, 0.2) is 22.8 Å². The van der Waals surface area contributed by atoms with E-state index in [2.05, 4.69) is 11.1 Å². The molecule has 3 aromatic rings. The second kappa shape index (κ2) is 7.10. The Bertz CT molecular complexity index is 1060. The van der Waals surface area contributed by atoms with E-state index >= 15 is 0 Å². The van der Waals surface area contributed by atoms with Crippen LogP contribution in [0.4, 0.5) is 0 Å². The zero-order valence-corrected chi connectivity index (χ0v) is 14.6. The second-order valence-electron chi connectivity index (χ2n) is 5.77. The lowest BCUT2D eigenvalue weighted by atomic mass is 10.2. The molecule has 4 rings (SSSR count). The summed E-state index contributed by atoms with van der Waals surface area (Å²) in [5, 5.41) is 9.96. The third-order valence-corrected chi connectivity index (χ3v) is 4.89. The van der Waals surface area contributed by atoms with Crippen molar-refractivity contribution in [3.63, 3.8) is 0 Å². The lowest BCUT2D eigenvalue weighted by molar-refractivity contribution is 0.0757. The summed E-state index contributed by atoms with van der Waals surface area (Å²) in [5.41, 5.74) is 0.485. The molecule has 0 aliphatic carbocycles. The Kier molecular flexibility index (Phi) is 4.50. The molecular weight excluding hydrogens is 350 g/mol. The number of ether oxygens (including phenoxy) is 2. The number of aromatic nitrogens is 2. The Morgan fingerprint density at radius 1 is 1.19 bits per heavy atom. The first-order chi connectivity index (χ1) is 12.8. The van der Waals surface area contributed by atoms with Gasteiger partial charge in [0.2, 0.25) is 0 Å². The van der Waals surface area contributed by atoms with Crippen molar-refractivity contribution in [1.29, 1.82) is 5.26 Å². The molecule has 0 saturated heterocycles. The van der Waals surface area contributed by atoms with E-state index in [9.17, 15) is 4.79 Å². The van der Waals surface area contributed by atoms with E-state index in [1.165, 1.54) is 11.8 Å². The average Bonchev–Trinajstić information content (AvgIpc) is 2.69. The smallest absolute Gasteiger partial charge is 0.262 e. The summed E-state index contributed by atoms with van der Waals surface area (Å²) in [7, 11) is 0. The summed E-state index contributed by atoms with van der Waals surface area (Å²) in [6.45, 7) is 0.650. The van der Waals surface area contributed by atoms with E-state index in [0.29, 0.717) is 40.7 Å². The molecule has 0 saturated carbocycles. The maximum Gasteiger partial charge on any atom is 0.262 e. The molecule has 7 heteroatoms. The highest BCUT2D eigenvalue weighted by molar-refractivity contribution is 7.99. The molecule has 0 fully saturated rings. The highest BCUT2D eigenvalue weighted by Gasteiger charge is 2.23. The van der Waals surface area contributed by atoms with Crippen molar-refractivity contribution >= 4 is 22.7 Å².